The van der Waals surface area contributed by atoms with E-state index in [0.29, 0.717) is 0 Å². The first kappa shape index (κ1) is 13.6. The molecule has 0 saturated carbocycles. The SMILES string of the molecule is NC(Cc1cc(F)ccc1F)c1ccc2ncccc2c1. The van der Waals surface area contributed by atoms with Gasteiger partial charge < -0.3 is 5.73 Å². The molecule has 0 radical (unpaired) electrons. The Kier molecular flexibility index (Phi) is 3.62. The van der Waals surface area contributed by atoms with Gasteiger partial charge in [0.1, 0.15) is 11.6 Å². The Labute approximate surface area is 121 Å². The molecular formula is C17H14F2N2. The van der Waals surface area contributed by atoms with E-state index >= 15 is 0 Å². The zero-order valence-corrected chi connectivity index (χ0v) is 11.3. The second-order valence-corrected chi connectivity index (χ2v) is 5.00. The monoisotopic (exact) mass is 284 g/mol. The fourth-order valence-electron chi connectivity index (χ4n) is 2.38. The summed E-state index contributed by atoms with van der Waals surface area (Å²) in [7, 11) is 0. The van der Waals surface area contributed by atoms with Crippen molar-refractivity contribution in [2.24, 2.45) is 5.73 Å². The van der Waals surface area contributed by atoms with Crippen LogP contribution in [0.3, 0.4) is 0 Å². The molecule has 0 fully saturated rings. The molecule has 0 aliphatic heterocycles. The molecule has 0 bridgehead atoms. The molecular weight excluding hydrogens is 270 g/mol. The highest BCUT2D eigenvalue weighted by Gasteiger charge is 2.12. The van der Waals surface area contributed by atoms with E-state index in [1.165, 1.54) is 6.07 Å². The fraction of sp³-hybridized carbons (Fsp3) is 0.118. The number of aromatic nitrogens is 1. The van der Waals surface area contributed by atoms with Crippen molar-refractivity contribution in [3.05, 3.63) is 77.5 Å². The van der Waals surface area contributed by atoms with Crippen LogP contribution in [0.25, 0.3) is 10.9 Å². The number of halogens is 2. The largest absolute Gasteiger partial charge is 0.324 e. The molecule has 0 aliphatic rings. The smallest absolute Gasteiger partial charge is 0.126 e. The van der Waals surface area contributed by atoms with Gasteiger partial charge >= 0.3 is 0 Å². The topological polar surface area (TPSA) is 38.9 Å². The van der Waals surface area contributed by atoms with Crippen molar-refractivity contribution in [2.75, 3.05) is 0 Å². The summed E-state index contributed by atoms with van der Waals surface area (Å²) in [4.78, 5) is 4.24. The highest BCUT2D eigenvalue weighted by Crippen LogP contribution is 2.22. The Morgan fingerprint density at radius 3 is 2.76 bits per heavy atom. The van der Waals surface area contributed by atoms with Crippen LogP contribution in [0.2, 0.25) is 0 Å². The minimum atomic E-state index is -0.457. The van der Waals surface area contributed by atoms with Crippen molar-refractivity contribution in [1.82, 2.24) is 4.98 Å². The molecule has 0 aliphatic carbocycles. The molecule has 3 rings (SSSR count). The number of nitrogens with zero attached hydrogens (tertiary/aromatic N) is 1. The van der Waals surface area contributed by atoms with Crippen LogP contribution < -0.4 is 5.73 Å². The normalized spacial score (nSPS) is 12.5. The van der Waals surface area contributed by atoms with Gasteiger partial charge in [-0.2, -0.15) is 0 Å². The lowest BCUT2D eigenvalue weighted by Crippen LogP contribution is -2.14. The minimum absolute atomic E-state index is 0.245. The molecule has 0 saturated heterocycles. The van der Waals surface area contributed by atoms with Crippen LogP contribution in [0.4, 0.5) is 8.78 Å². The number of nitrogens with two attached hydrogens (primary N) is 1. The lowest BCUT2D eigenvalue weighted by atomic mass is 9.98. The number of hydrogen-bond acceptors (Lipinski definition) is 2. The summed E-state index contributed by atoms with van der Waals surface area (Å²) in [5.41, 5.74) is 8.17. The number of benzene rings is 2. The quantitative estimate of drug-likeness (QED) is 0.795. The van der Waals surface area contributed by atoms with Crippen LogP contribution in [0.15, 0.2) is 54.7 Å². The third-order valence-corrected chi connectivity index (χ3v) is 3.50. The molecule has 1 heterocycles. The summed E-state index contributed by atoms with van der Waals surface area (Å²) in [5, 5.41) is 0.977. The van der Waals surface area contributed by atoms with Crippen molar-refractivity contribution < 1.29 is 8.78 Å². The predicted octanol–water partition coefficient (Wildman–Crippen LogP) is 3.76. The maximum absolute atomic E-state index is 13.7. The fourth-order valence-corrected chi connectivity index (χ4v) is 2.38. The zero-order valence-electron chi connectivity index (χ0n) is 11.3. The molecule has 1 unspecified atom stereocenters. The maximum Gasteiger partial charge on any atom is 0.126 e. The summed E-state index contributed by atoms with van der Waals surface area (Å²) < 4.78 is 26.9. The number of rotatable bonds is 3. The molecule has 2 aromatic carbocycles. The van der Waals surface area contributed by atoms with Gasteiger partial charge in [-0.15, -0.1) is 0 Å². The van der Waals surface area contributed by atoms with Crippen molar-refractivity contribution in [2.45, 2.75) is 12.5 Å². The molecule has 0 spiro atoms. The van der Waals surface area contributed by atoms with E-state index in [9.17, 15) is 8.78 Å². The molecule has 1 atom stereocenters. The minimum Gasteiger partial charge on any atom is -0.324 e. The van der Waals surface area contributed by atoms with E-state index < -0.39 is 17.7 Å². The Balaban J connectivity index is 1.89. The van der Waals surface area contributed by atoms with Crippen molar-refractivity contribution >= 4 is 10.9 Å². The van der Waals surface area contributed by atoms with Gasteiger partial charge in [0, 0.05) is 17.6 Å². The van der Waals surface area contributed by atoms with E-state index in [2.05, 4.69) is 4.98 Å². The van der Waals surface area contributed by atoms with Crippen LogP contribution >= 0.6 is 0 Å². The van der Waals surface area contributed by atoms with Crippen molar-refractivity contribution in [1.29, 1.82) is 0 Å². The zero-order chi connectivity index (χ0) is 14.8. The standard InChI is InChI=1S/C17H14F2N2/c18-14-4-5-15(19)13(9-14)10-16(20)11-3-6-17-12(8-11)2-1-7-21-17/h1-9,16H,10,20H2. The highest BCUT2D eigenvalue weighted by molar-refractivity contribution is 5.79. The Morgan fingerprint density at radius 1 is 1.05 bits per heavy atom. The first-order valence-corrected chi connectivity index (χ1v) is 6.67. The summed E-state index contributed by atoms with van der Waals surface area (Å²) in [6.07, 6.45) is 1.97. The Morgan fingerprint density at radius 2 is 1.90 bits per heavy atom. The number of fused-ring (bicyclic) bond motifs is 1. The second-order valence-electron chi connectivity index (χ2n) is 5.00. The van der Waals surface area contributed by atoms with Crippen LogP contribution in [-0.2, 0) is 6.42 Å². The average molecular weight is 284 g/mol. The van der Waals surface area contributed by atoms with Gasteiger partial charge in [-0.25, -0.2) is 8.78 Å². The van der Waals surface area contributed by atoms with Crippen LogP contribution in [-0.4, -0.2) is 4.98 Å². The Bertz CT molecular complexity index is 787. The highest BCUT2D eigenvalue weighted by atomic mass is 19.1. The predicted molar refractivity (Wildman–Crippen MR) is 78.7 cm³/mol. The van der Waals surface area contributed by atoms with Crippen LogP contribution in [0.5, 0.6) is 0 Å². The van der Waals surface area contributed by atoms with E-state index in [1.54, 1.807) is 6.20 Å². The molecule has 0 amide bonds. The van der Waals surface area contributed by atoms with E-state index in [-0.39, 0.29) is 12.0 Å². The summed E-state index contributed by atoms with van der Waals surface area (Å²) in [6, 6.07) is 12.5. The molecule has 21 heavy (non-hydrogen) atoms. The average Bonchev–Trinajstić information content (AvgIpc) is 2.50. The lowest BCUT2D eigenvalue weighted by molar-refractivity contribution is 0.573. The first-order chi connectivity index (χ1) is 10.1. The molecule has 4 heteroatoms. The van der Waals surface area contributed by atoms with Gasteiger partial charge in [0.15, 0.2) is 0 Å². The summed E-state index contributed by atoms with van der Waals surface area (Å²) >= 11 is 0. The van der Waals surface area contributed by atoms with E-state index in [1.807, 2.05) is 30.3 Å². The third kappa shape index (κ3) is 2.90. The van der Waals surface area contributed by atoms with Gasteiger partial charge in [-0.3, -0.25) is 4.98 Å². The second kappa shape index (κ2) is 5.58. The van der Waals surface area contributed by atoms with Gasteiger partial charge in [-0.05, 0) is 53.9 Å². The molecule has 2 N–H and O–H groups in total. The van der Waals surface area contributed by atoms with Gasteiger partial charge in [-0.1, -0.05) is 12.1 Å². The van der Waals surface area contributed by atoms with Gasteiger partial charge in [0.05, 0.1) is 5.52 Å². The van der Waals surface area contributed by atoms with Crippen LogP contribution in [0, 0.1) is 11.6 Å². The molecule has 3 aromatic rings. The van der Waals surface area contributed by atoms with Crippen molar-refractivity contribution in [3.63, 3.8) is 0 Å². The molecule has 2 nitrogen and oxygen atoms in total. The van der Waals surface area contributed by atoms with Gasteiger partial charge in [0.2, 0.25) is 0 Å². The van der Waals surface area contributed by atoms with Crippen LogP contribution in [0.1, 0.15) is 17.2 Å². The van der Waals surface area contributed by atoms with Gasteiger partial charge in [0.25, 0.3) is 0 Å². The molecule has 106 valence electrons. The Hall–Kier alpha value is -2.33. The third-order valence-electron chi connectivity index (χ3n) is 3.50. The van der Waals surface area contributed by atoms with Crippen molar-refractivity contribution in [3.8, 4) is 0 Å². The summed E-state index contributed by atoms with van der Waals surface area (Å²) in [6.45, 7) is 0. The van der Waals surface area contributed by atoms with E-state index in [4.69, 9.17) is 5.73 Å². The molecule has 1 aromatic heterocycles. The van der Waals surface area contributed by atoms with E-state index in [0.717, 1.165) is 28.6 Å². The lowest BCUT2D eigenvalue weighted by Gasteiger charge is -2.13. The maximum atomic E-state index is 13.7. The number of pyridine rings is 1. The number of hydrogen-bond donors (Lipinski definition) is 1. The first-order valence-electron chi connectivity index (χ1n) is 6.67. The summed E-state index contributed by atoms with van der Waals surface area (Å²) in [5.74, 6) is -0.893.